The summed E-state index contributed by atoms with van der Waals surface area (Å²) in [5, 5.41) is 9.12. The van der Waals surface area contributed by atoms with Gasteiger partial charge in [0.2, 0.25) is 0 Å². The summed E-state index contributed by atoms with van der Waals surface area (Å²) >= 11 is -0.766. The molecule has 0 saturated carbocycles. The number of carbonyl (C=O) groups is 1. The third-order valence-corrected chi connectivity index (χ3v) is 9.93. The zero-order chi connectivity index (χ0) is 13.8. The van der Waals surface area contributed by atoms with E-state index in [0.29, 0.717) is 12.2 Å². The molecule has 0 unspecified atom stereocenters. The summed E-state index contributed by atoms with van der Waals surface area (Å²) < 4.78 is 10.4. The number of rotatable bonds is 5. The van der Waals surface area contributed by atoms with E-state index in [1.807, 2.05) is 6.07 Å². The van der Waals surface area contributed by atoms with Gasteiger partial charge in [-0.1, -0.05) is 0 Å². The fourth-order valence-corrected chi connectivity index (χ4v) is 7.69. The van der Waals surface area contributed by atoms with Gasteiger partial charge in [0.25, 0.3) is 0 Å². The molecule has 100 valence electrons. The molecule has 0 radical (unpaired) electrons. The first-order valence-corrected chi connectivity index (χ1v) is 10.4. The predicted octanol–water partition coefficient (Wildman–Crippen LogP) is 1.58. The molecular weight excluding hydrogens is 471 g/mol. The molecular formula is C14H14O3Te2. The first kappa shape index (κ1) is 15.1. The van der Waals surface area contributed by atoms with Crippen molar-refractivity contribution in [2.75, 3.05) is 0 Å². The van der Waals surface area contributed by atoms with Crippen LogP contribution >= 0.6 is 0 Å². The van der Waals surface area contributed by atoms with Crippen molar-refractivity contribution < 1.29 is 14.6 Å². The van der Waals surface area contributed by atoms with Crippen LogP contribution in [0.15, 0.2) is 36.4 Å². The number of carbonyl (C=O) groups excluding carboxylic acids is 1. The van der Waals surface area contributed by atoms with Crippen LogP contribution in [0.25, 0.3) is 7.16 Å². The van der Waals surface area contributed by atoms with E-state index in [1.54, 1.807) is 6.92 Å². The van der Waals surface area contributed by atoms with Crippen LogP contribution in [0.2, 0.25) is 0 Å². The van der Waals surface area contributed by atoms with Crippen LogP contribution in [0.1, 0.15) is 14.1 Å². The molecule has 2 aromatic heterocycles. The third kappa shape index (κ3) is 4.08. The molecule has 3 nitrogen and oxygen atoms in total. The van der Waals surface area contributed by atoms with Gasteiger partial charge in [-0.3, -0.25) is 0 Å². The molecule has 0 aliphatic rings. The Labute approximate surface area is 131 Å². The first-order chi connectivity index (χ1) is 9.10. The monoisotopic (exact) mass is 490 g/mol. The van der Waals surface area contributed by atoms with Gasteiger partial charge in [0.1, 0.15) is 0 Å². The van der Waals surface area contributed by atoms with Crippen molar-refractivity contribution in [2.24, 2.45) is 0 Å². The van der Waals surface area contributed by atoms with Crippen molar-refractivity contribution in [1.29, 1.82) is 0 Å². The SMILES string of the molecule is C=C(C)C(=O)OCc1ccc(-c2ccc(CO)[te]2)[te]1. The van der Waals surface area contributed by atoms with Crippen LogP contribution in [0.3, 0.4) is 0 Å². The summed E-state index contributed by atoms with van der Waals surface area (Å²) in [5.41, 5.74) is 0.439. The Hall–Kier alpha value is -0.291. The van der Waals surface area contributed by atoms with Gasteiger partial charge < -0.3 is 0 Å². The van der Waals surface area contributed by atoms with Gasteiger partial charge in [-0.2, -0.15) is 0 Å². The molecule has 5 heteroatoms. The topological polar surface area (TPSA) is 46.5 Å². The molecule has 2 aromatic rings. The summed E-state index contributed by atoms with van der Waals surface area (Å²) in [7, 11) is 0. The van der Waals surface area contributed by atoms with E-state index < -0.39 is 20.4 Å². The van der Waals surface area contributed by atoms with Gasteiger partial charge in [-0.05, 0) is 0 Å². The zero-order valence-electron chi connectivity index (χ0n) is 10.5. The molecule has 2 rings (SSSR count). The molecule has 0 aliphatic heterocycles. The molecule has 0 fully saturated rings. The van der Waals surface area contributed by atoms with E-state index in [1.165, 1.54) is 14.3 Å². The minimum absolute atomic E-state index is 0.187. The molecule has 0 atom stereocenters. The van der Waals surface area contributed by atoms with Crippen molar-refractivity contribution in [2.45, 2.75) is 20.1 Å². The summed E-state index contributed by atoms with van der Waals surface area (Å²) in [6, 6.07) is 8.41. The Balaban J connectivity index is 2.02. The van der Waals surface area contributed by atoms with Crippen LogP contribution in [0.4, 0.5) is 0 Å². The number of ether oxygens (including phenoxy) is 1. The summed E-state index contributed by atoms with van der Waals surface area (Å²) in [5.74, 6) is -0.320. The van der Waals surface area contributed by atoms with Crippen molar-refractivity contribution in [3.05, 3.63) is 43.6 Å². The van der Waals surface area contributed by atoms with Crippen molar-refractivity contribution >= 4 is 46.8 Å². The van der Waals surface area contributed by atoms with Crippen molar-refractivity contribution in [3.63, 3.8) is 0 Å². The predicted molar refractivity (Wildman–Crippen MR) is 76.3 cm³/mol. The normalized spacial score (nSPS) is 10.4. The molecule has 0 spiro atoms. The third-order valence-electron chi connectivity index (χ3n) is 2.42. The fraction of sp³-hybridized carbons (Fsp3) is 0.214. The Bertz CT molecular complexity index is 595. The number of hydrogen-bond acceptors (Lipinski definition) is 3. The Kier molecular flexibility index (Phi) is 5.51. The number of esters is 1. The zero-order valence-corrected chi connectivity index (χ0v) is 15.2. The van der Waals surface area contributed by atoms with Crippen LogP contribution in [-0.4, -0.2) is 51.9 Å². The van der Waals surface area contributed by atoms with Gasteiger partial charge in [0.15, 0.2) is 0 Å². The Morgan fingerprint density at radius 2 is 1.79 bits per heavy atom. The molecule has 0 bridgehead atoms. The summed E-state index contributed by atoms with van der Waals surface area (Å²) in [6.07, 6.45) is 0. The second-order valence-electron chi connectivity index (χ2n) is 4.05. The average molecular weight is 485 g/mol. The quantitative estimate of drug-likeness (QED) is 0.398. The van der Waals surface area contributed by atoms with Gasteiger partial charge in [-0.15, -0.1) is 0 Å². The maximum atomic E-state index is 11.3. The van der Waals surface area contributed by atoms with Crippen LogP contribution in [0.5, 0.6) is 0 Å². The van der Waals surface area contributed by atoms with E-state index in [9.17, 15) is 4.79 Å². The second kappa shape index (κ2) is 6.93. The number of hydrogen-bond donors (Lipinski definition) is 1. The van der Waals surface area contributed by atoms with Gasteiger partial charge >= 0.3 is 132 Å². The molecule has 0 amide bonds. The van der Waals surface area contributed by atoms with E-state index in [2.05, 4.69) is 24.8 Å². The second-order valence-corrected chi connectivity index (χ2v) is 10.7. The summed E-state index contributed by atoms with van der Waals surface area (Å²) in [4.78, 5) is 11.3. The molecule has 0 aromatic carbocycles. The maximum absolute atomic E-state index is 11.3. The molecule has 2 heterocycles. The number of aliphatic hydroxyl groups excluding tert-OH is 1. The number of aliphatic hydroxyl groups is 1. The van der Waals surface area contributed by atoms with Crippen LogP contribution < -0.4 is 0 Å². The van der Waals surface area contributed by atoms with Gasteiger partial charge in [0.05, 0.1) is 0 Å². The Morgan fingerprint density at radius 3 is 2.32 bits per heavy atom. The van der Waals surface area contributed by atoms with Crippen LogP contribution in [0, 0.1) is 0 Å². The standard InChI is InChI=1S/C14H14O3Te2/c1-9(2)14(16)17-8-11-4-6-13(19-11)12-5-3-10(7-15)18-12/h3-6,15H,1,7-8H2,2H3. The molecule has 19 heavy (non-hydrogen) atoms. The summed E-state index contributed by atoms with van der Waals surface area (Å²) in [6.45, 7) is 5.80. The molecule has 0 saturated heterocycles. The van der Waals surface area contributed by atoms with Crippen molar-refractivity contribution in [1.82, 2.24) is 0 Å². The first-order valence-electron chi connectivity index (χ1n) is 5.71. The van der Waals surface area contributed by atoms with Crippen molar-refractivity contribution in [3.8, 4) is 7.16 Å². The average Bonchev–Trinajstić information content (AvgIpc) is 3.03. The fourth-order valence-electron chi connectivity index (χ4n) is 1.44. The van der Waals surface area contributed by atoms with E-state index in [4.69, 9.17) is 9.84 Å². The van der Waals surface area contributed by atoms with Gasteiger partial charge in [0, 0.05) is 0 Å². The van der Waals surface area contributed by atoms with E-state index in [0.717, 1.165) is 0 Å². The van der Waals surface area contributed by atoms with Gasteiger partial charge in [-0.25, -0.2) is 0 Å². The molecule has 0 aliphatic carbocycles. The van der Waals surface area contributed by atoms with E-state index >= 15 is 0 Å². The van der Waals surface area contributed by atoms with E-state index in [-0.39, 0.29) is 33.0 Å². The Morgan fingerprint density at radius 1 is 1.21 bits per heavy atom. The molecule has 1 N–H and O–H groups in total. The van der Waals surface area contributed by atoms with Crippen LogP contribution in [-0.2, 0) is 22.7 Å². The minimum atomic E-state index is -0.406.